The van der Waals surface area contributed by atoms with Gasteiger partial charge in [-0.05, 0) is 69.7 Å². The van der Waals surface area contributed by atoms with E-state index in [0.29, 0.717) is 42.3 Å². The van der Waals surface area contributed by atoms with E-state index in [4.69, 9.17) is 11.5 Å². The molecule has 0 saturated heterocycles. The number of aromatic nitrogens is 2. The second-order valence-electron chi connectivity index (χ2n) is 7.83. The summed E-state index contributed by atoms with van der Waals surface area (Å²) in [6, 6.07) is 12.6. The number of nitrogens with two attached hydrogens (primary N) is 2. The molecule has 0 radical (unpaired) electrons. The van der Waals surface area contributed by atoms with E-state index in [1.807, 2.05) is 31.2 Å². The summed E-state index contributed by atoms with van der Waals surface area (Å²) < 4.78 is 14.9. The Labute approximate surface area is 187 Å². The lowest BCUT2D eigenvalue weighted by Gasteiger charge is -2.22. The van der Waals surface area contributed by atoms with Gasteiger partial charge in [0, 0.05) is 24.0 Å². The second kappa shape index (κ2) is 11.5. The van der Waals surface area contributed by atoms with Crippen LogP contribution in [0.1, 0.15) is 24.0 Å². The standard InChI is InChI=1S/C24H31FN6O/c1-17-4-8-20(9-5-17)29-24-28-15-21(23(32)30-24)18-6-7-19(22(25)14-18)16-31(12-2-10-26)13-3-11-27/h4-9,14-15H,2-3,10-13,16,26-27H2,1H3,(H2,28,29,30,32). The van der Waals surface area contributed by atoms with Gasteiger partial charge in [0.25, 0.3) is 5.56 Å². The maximum Gasteiger partial charge on any atom is 0.282 e. The lowest BCUT2D eigenvalue weighted by Crippen LogP contribution is -2.28. The predicted octanol–water partition coefficient (Wildman–Crippen LogP) is 3.13. The summed E-state index contributed by atoms with van der Waals surface area (Å²) in [6.45, 7) is 5.23. The number of anilines is 2. The minimum absolute atomic E-state index is 0.313. The van der Waals surface area contributed by atoms with Gasteiger partial charge < -0.3 is 21.8 Å². The summed E-state index contributed by atoms with van der Waals surface area (Å²) in [7, 11) is 0. The number of hydrogen-bond donors (Lipinski definition) is 4. The van der Waals surface area contributed by atoms with Crippen molar-refractivity contribution in [3.05, 3.63) is 76.0 Å². The topological polar surface area (TPSA) is 113 Å². The zero-order chi connectivity index (χ0) is 22.9. The molecule has 0 unspecified atom stereocenters. The van der Waals surface area contributed by atoms with E-state index in [1.54, 1.807) is 18.3 Å². The molecule has 7 nitrogen and oxygen atoms in total. The number of nitrogens with one attached hydrogen (secondary N) is 2. The molecule has 8 heteroatoms. The molecular formula is C24H31FN6O. The zero-order valence-corrected chi connectivity index (χ0v) is 18.4. The van der Waals surface area contributed by atoms with Crippen molar-refractivity contribution in [3.63, 3.8) is 0 Å². The van der Waals surface area contributed by atoms with Gasteiger partial charge in [0.2, 0.25) is 5.95 Å². The molecular weight excluding hydrogens is 407 g/mol. The maximum absolute atomic E-state index is 14.9. The summed E-state index contributed by atoms with van der Waals surface area (Å²) in [6.07, 6.45) is 3.23. The number of H-pyrrole nitrogens is 1. The van der Waals surface area contributed by atoms with Crippen molar-refractivity contribution < 1.29 is 4.39 Å². The number of hydrogen-bond acceptors (Lipinski definition) is 6. The molecule has 0 aliphatic rings. The SMILES string of the molecule is Cc1ccc(Nc2nc(=O)c(-c3ccc(CN(CCCN)CCCN)c(F)c3)c[nH]2)cc1. The smallest absolute Gasteiger partial charge is 0.282 e. The van der Waals surface area contributed by atoms with Gasteiger partial charge in [0.05, 0.1) is 5.56 Å². The maximum atomic E-state index is 14.9. The average Bonchev–Trinajstić information content (AvgIpc) is 2.78. The average molecular weight is 439 g/mol. The van der Waals surface area contributed by atoms with E-state index >= 15 is 0 Å². The highest BCUT2D eigenvalue weighted by Gasteiger charge is 2.13. The molecule has 0 aliphatic carbocycles. The van der Waals surface area contributed by atoms with E-state index in [9.17, 15) is 9.18 Å². The Morgan fingerprint density at radius 1 is 1.06 bits per heavy atom. The van der Waals surface area contributed by atoms with E-state index in [1.165, 1.54) is 6.07 Å². The Bertz CT molecular complexity index is 1060. The molecule has 170 valence electrons. The second-order valence-corrected chi connectivity index (χ2v) is 7.83. The Morgan fingerprint density at radius 3 is 2.34 bits per heavy atom. The molecule has 6 N–H and O–H groups in total. The van der Waals surface area contributed by atoms with Gasteiger partial charge in [-0.15, -0.1) is 0 Å². The van der Waals surface area contributed by atoms with Crippen LogP contribution in [0.2, 0.25) is 0 Å². The first-order valence-electron chi connectivity index (χ1n) is 10.8. The number of aryl methyl sites for hydroxylation is 1. The normalized spacial score (nSPS) is 11.2. The molecule has 0 bridgehead atoms. The number of nitrogens with zero attached hydrogens (tertiary/aromatic N) is 2. The largest absolute Gasteiger partial charge is 0.331 e. The molecule has 3 aromatic rings. The minimum atomic E-state index is -0.432. The van der Waals surface area contributed by atoms with Crippen LogP contribution in [0.25, 0.3) is 11.1 Å². The summed E-state index contributed by atoms with van der Waals surface area (Å²) >= 11 is 0. The van der Waals surface area contributed by atoms with Gasteiger partial charge in [0.15, 0.2) is 0 Å². The lowest BCUT2D eigenvalue weighted by atomic mass is 10.1. The van der Waals surface area contributed by atoms with Gasteiger partial charge >= 0.3 is 0 Å². The summed E-state index contributed by atoms with van der Waals surface area (Å²) in [5, 5.41) is 3.06. The molecule has 1 aromatic heterocycles. The fraction of sp³-hybridized carbons (Fsp3) is 0.333. The van der Waals surface area contributed by atoms with E-state index in [0.717, 1.165) is 37.2 Å². The van der Waals surface area contributed by atoms with Crippen molar-refractivity contribution >= 4 is 11.6 Å². The number of aromatic amines is 1. The van der Waals surface area contributed by atoms with Crippen molar-refractivity contribution in [3.8, 4) is 11.1 Å². The minimum Gasteiger partial charge on any atom is -0.331 e. The Kier molecular flexibility index (Phi) is 8.49. The van der Waals surface area contributed by atoms with Crippen LogP contribution < -0.4 is 22.3 Å². The van der Waals surface area contributed by atoms with Gasteiger partial charge in [0.1, 0.15) is 5.82 Å². The van der Waals surface area contributed by atoms with Gasteiger partial charge in [-0.3, -0.25) is 9.69 Å². The molecule has 0 saturated carbocycles. The van der Waals surface area contributed by atoms with Crippen LogP contribution in [-0.4, -0.2) is 41.0 Å². The van der Waals surface area contributed by atoms with Gasteiger partial charge in [-0.1, -0.05) is 29.8 Å². The Hall–Kier alpha value is -3.07. The Balaban J connectivity index is 1.74. The van der Waals surface area contributed by atoms with Crippen molar-refractivity contribution in [2.24, 2.45) is 11.5 Å². The van der Waals surface area contributed by atoms with Crippen LogP contribution in [0.3, 0.4) is 0 Å². The van der Waals surface area contributed by atoms with Gasteiger partial charge in [-0.25, -0.2) is 4.39 Å². The number of rotatable bonds is 11. The first kappa shape index (κ1) is 23.6. The van der Waals surface area contributed by atoms with Crippen molar-refractivity contribution in [1.29, 1.82) is 0 Å². The first-order valence-corrected chi connectivity index (χ1v) is 10.8. The van der Waals surface area contributed by atoms with Crippen LogP contribution in [-0.2, 0) is 6.54 Å². The molecule has 1 heterocycles. The van der Waals surface area contributed by atoms with E-state index in [2.05, 4.69) is 20.2 Å². The molecule has 32 heavy (non-hydrogen) atoms. The first-order chi connectivity index (χ1) is 15.5. The third-order valence-corrected chi connectivity index (χ3v) is 5.23. The molecule has 0 amide bonds. The van der Waals surface area contributed by atoms with E-state index in [-0.39, 0.29) is 5.82 Å². The fourth-order valence-electron chi connectivity index (χ4n) is 3.42. The molecule has 0 fully saturated rings. The van der Waals surface area contributed by atoms with Crippen LogP contribution in [0.15, 0.2) is 53.5 Å². The van der Waals surface area contributed by atoms with Crippen LogP contribution in [0, 0.1) is 12.7 Å². The summed E-state index contributed by atoms with van der Waals surface area (Å²) in [5.74, 6) is -0.0237. The van der Waals surface area contributed by atoms with Crippen molar-refractivity contribution in [2.45, 2.75) is 26.3 Å². The highest BCUT2D eigenvalue weighted by atomic mass is 19.1. The third-order valence-electron chi connectivity index (χ3n) is 5.23. The number of benzene rings is 2. The molecule has 0 aliphatic heterocycles. The van der Waals surface area contributed by atoms with E-state index < -0.39 is 5.56 Å². The summed E-state index contributed by atoms with van der Waals surface area (Å²) in [5.41, 5.74) is 14.1. The molecule has 2 aromatic carbocycles. The highest BCUT2D eigenvalue weighted by Crippen LogP contribution is 2.21. The summed E-state index contributed by atoms with van der Waals surface area (Å²) in [4.78, 5) is 21.8. The molecule has 3 rings (SSSR count). The van der Waals surface area contributed by atoms with Crippen LogP contribution in [0.4, 0.5) is 16.0 Å². The monoisotopic (exact) mass is 438 g/mol. The quantitative estimate of drug-likeness (QED) is 0.366. The highest BCUT2D eigenvalue weighted by molar-refractivity contribution is 5.63. The van der Waals surface area contributed by atoms with Crippen LogP contribution >= 0.6 is 0 Å². The predicted molar refractivity (Wildman–Crippen MR) is 127 cm³/mol. The molecule has 0 spiro atoms. The lowest BCUT2D eigenvalue weighted by molar-refractivity contribution is 0.258. The zero-order valence-electron chi connectivity index (χ0n) is 18.4. The third kappa shape index (κ3) is 6.46. The number of halogens is 1. The van der Waals surface area contributed by atoms with Crippen molar-refractivity contribution in [1.82, 2.24) is 14.9 Å². The van der Waals surface area contributed by atoms with Gasteiger partial charge in [-0.2, -0.15) is 4.98 Å². The van der Waals surface area contributed by atoms with Crippen molar-refractivity contribution in [2.75, 3.05) is 31.5 Å². The van der Waals surface area contributed by atoms with Crippen LogP contribution in [0.5, 0.6) is 0 Å². The molecule has 0 atom stereocenters. The fourth-order valence-corrected chi connectivity index (χ4v) is 3.42. The Morgan fingerprint density at radius 2 is 1.75 bits per heavy atom.